The van der Waals surface area contributed by atoms with Crippen LogP contribution in [-0.4, -0.2) is 36.4 Å². The van der Waals surface area contributed by atoms with Crippen molar-refractivity contribution in [1.82, 2.24) is 0 Å². The smallest absolute Gasteiger partial charge is 0.306 e. The van der Waals surface area contributed by atoms with E-state index in [1.165, 1.54) is 238 Å². The molecule has 0 rings (SSSR count). The highest BCUT2D eigenvalue weighted by Gasteiger charge is 2.16. The second kappa shape index (κ2) is 84.7. The molecule has 0 saturated carbocycles. The Bertz CT molecular complexity index is 2000. The lowest BCUT2D eigenvalue weighted by molar-refractivity contribution is -0.161. The molecule has 1 atom stereocenters. The average molecular weight is 1330 g/mol. The third-order valence-corrected chi connectivity index (χ3v) is 17.8. The molecule has 0 aliphatic carbocycles. The van der Waals surface area contributed by atoms with E-state index in [4.69, 9.17) is 9.47 Å². The highest BCUT2D eigenvalue weighted by atomic mass is 16.6. The summed E-state index contributed by atoms with van der Waals surface area (Å²) in [5.41, 5.74) is 0. The highest BCUT2D eigenvalue weighted by Crippen LogP contribution is 2.19. The van der Waals surface area contributed by atoms with Crippen molar-refractivity contribution in [3.63, 3.8) is 0 Å². The molecule has 0 aliphatic heterocycles. The van der Waals surface area contributed by atoms with Crippen molar-refractivity contribution in [1.29, 1.82) is 0 Å². The first-order valence-electron chi connectivity index (χ1n) is 41.0. The molecule has 5 heteroatoms. The van der Waals surface area contributed by atoms with Gasteiger partial charge in [-0.25, -0.2) is 0 Å². The average Bonchev–Trinajstić information content (AvgIpc) is 3.79. The van der Waals surface area contributed by atoms with E-state index < -0.39 is 6.10 Å². The van der Waals surface area contributed by atoms with Crippen LogP contribution in [0.15, 0.2) is 158 Å². The van der Waals surface area contributed by atoms with Crippen molar-refractivity contribution >= 4 is 11.9 Å². The number of esters is 2. The molecule has 96 heavy (non-hydrogen) atoms. The molecule has 0 fully saturated rings. The van der Waals surface area contributed by atoms with E-state index >= 15 is 0 Å². The first kappa shape index (κ1) is 91.5. The number of hydrogen-bond acceptors (Lipinski definition) is 5. The number of carbonyl (C=O) groups excluding carboxylic acids is 2. The number of carbonyl (C=O) groups is 2. The summed E-state index contributed by atoms with van der Waals surface area (Å²) >= 11 is 0. The van der Waals surface area contributed by atoms with Crippen LogP contribution in [0.4, 0.5) is 0 Å². The molecule has 548 valence electrons. The summed E-state index contributed by atoms with van der Waals surface area (Å²) < 4.78 is 10.8. The van der Waals surface area contributed by atoms with Crippen LogP contribution < -0.4 is 0 Å². The minimum Gasteiger partial charge on any atom is -0.462 e. The summed E-state index contributed by atoms with van der Waals surface area (Å²) in [5.74, 6) is -0.597. The fourth-order valence-corrected chi connectivity index (χ4v) is 11.7. The molecule has 0 aromatic rings. The monoisotopic (exact) mass is 1330 g/mol. The van der Waals surface area contributed by atoms with Crippen molar-refractivity contribution in [3.05, 3.63) is 158 Å². The predicted octanol–water partition coefficient (Wildman–Crippen LogP) is 29.3. The number of ether oxygens (including phenoxy) is 2. The number of unbranched alkanes of at least 4 members (excludes halogenated alkanes) is 41. The van der Waals surface area contributed by atoms with Crippen LogP contribution in [0.1, 0.15) is 386 Å². The second-order valence-electron chi connectivity index (χ2n) is 27.1. The van der Waals surface area contributed by atoms with Gasteiger partial charge in [0.2, 0.25) is 0 Å². The van der Waals surface area contributed by atoms with Crippen LogP contribution >= 0.6 is 0 Å². The SMILES string of the molecule is CC/C=C\C/C=C\C/C=C\C/C=C\C/C=C\C/C=C\C/C=C\C/C=C\C/C=C\C/C=C\C/C=C\CCCCCCCCCC(=O)OC(CO)COC(=O)CCCCCCCCCCCCCCCCCCCCCCCCCCCCCCC/C=C\C/C=C\CCCCCCC. The van der Waals surface area contributed by atoms with Gasteiger partial charge in [-0.15, -0.1) is 0 Å². The Balaban J connectivity index is 3.50. The van der Waals surface area contributed by atoms with Crippen molar-refractivity contribution in [2.45, 2.75) is 392 Å². The maximum Gasteiger partial charge on any atom is 0.306 e. The van der Waals surface area contributed by atoms with Gasteiger partial charge in [-0.05, 0) is 128 Å². The second-order valence-corrected chi connectivity index (χ2v) is 27.1. The van der Waals surface area contributed by atoms with Crippen molar-refractivity contribution < 1.29 is 24.2 Å². The Kier molecular flexibility index (Phi) is 80.8. The number of hydrogen-bond donors (Lipinski definition) is 1. The van der Waals surface area contributed by atoms with E-state index in [0.29, 0.717) is 12.8 Å². The van der Waals surface area contributed by atoms with E-state index in [2.05, 4.69) is 172 Å². The number of aliphatic hydroxyl groups excluding tert-OH is 1. The lowest BCUT2D eigenvalue weighted by Gasteiger charge is -2.15. The molecule has 0 bridgehead atoms. The number of rotatable bonds is 75. The van der Waals surface area contributed by atoms with Gasteiger partial charge in [-0.1, -0.05) is 403 Å². The topological polar surface area (TPSA) is 72.8 Å². The maximum atomic E-state index is 12.4. The highest BCUT2D eigenvalue weighted by molar-refractivity contribution is 5.70. The van der Waals surface area contributed by atoms with Gasteiger partial charge in [-0.3, -0.25) is 9.59 Å². The van der Waals surface area contributed by atoms with Crippen LogP contribution in [0.2, 0.25) is 0 Å². The fraction of sp³-hybridized carbons (Fsp3) is 0.692. The molecule has 1 N–H and O–H groups in total. The summed E-state index contributed by atoms with van der Waals surface area (Å²) in [5, 5.41) is 9.73. The van der Waals surface area contributed by atoms with Gasteiger partial charge in [0.25, 0.3) is 0 Å². The van der Waals surface area contributed by atoms with E-state index in [1.54, 1.807) is 0 Å². The minimum absolute atomic E-state index is 0.0747. The predicted molar refractivity (Wildman–Crippen MR) is 426 cm³/mol. The van der Waals surface area contributed by atoms with Gasteiger partial charge in [-0.2, -0.15) is 0 Å². The van der Waals surface area contributed by atoms with Gasteiger partial charge >= 0.3 is 11.9 Å². The molecular formula is C91H154O5. The summed E-state index contributed by atoms with van der Waals surface area (Å²) in [4.78, 5) is 24.7. The molecule has 0 radical (unpaired) electrons. The molecule has 0 aliphatic rings. The number of allylic oxidation sites excluding steroid dienone is 26. The molecule has 0 aromatic carbocycles. The molecule has 0 amide bonds. The summed E-state index contributed by atoms with van der Waals surface area (Å²) in [6.45, 7) is 4.04. The normalized spacial score (nSPS) is 13.1. The Hall–Kier alpha value is -4.48. The standard InChI is InChI=1S/C91H154O5/c1-3-5-7-9-11-13-15-17-19-21-23-25-27-29-31-33-35-37-39-41-43-45-47-49-51-53-55-57-59-61-63-65-67-69-71-73-75-77-79-81-83-85-90(93)95-88-89(87-92)96-91(94)86-84-82-80-78-76-74-72-70-68-66-64-62-60-58-56-54-52-50-48-46-44-42-40-38-36-34-32-30-28-26-24-22-20-18-16-14-12-10-8-6-4-2/h6,8,12,14-15,17-18,20-21,23-24,26,30,32,36,38,42,44,48,50,54,56,60,62,66,68,89,92H,3-5,7,9-11,13,16,19,22,25,27-29,31,33-35,37,39-41,43,45-47,49,51-53,55,57-59,61,63-65,67,69-88H2,1-2H3/b8-6-,14-12-,17-15-,20-18-,23-21-,26-24-,32-30-,38-36-,44-42-,50-48-,56-54-,62-60-,68-66-. The summed E-state index contributed by atoms with van der Waals surface area (Å²) in [6, 6.07) is 0. The fourth-order valence-electron chi connectivity index (χ4n) is 11.7. The molecule has 0 aromatic heterocycles. The van der Waals surface area contributed by atoms with Crippen LogP contribution in [0.25, 0.3) is 0 Å². The van der Waals surface area contributed by atoms with Crippen molar-refractivity contribution in [2.75, 3.05) is 13.2 Å². The lowest BCUT2D eigenvalue weighted by atomic mass is 10.0. The zero-order valence-corrected chi connectivity index (χ0v) is 63.1. The molecular weight excluding hydrogens is 1170 g/mol. The van der Waals surface area contributed by atoms with Gasteiger partial charge in [0.15, 0.2) is 6.10 Å². The van der Waals surface area contributed by atoms with Crippen LogP contribution in [0, 0.1) is 0 Å². The van der Waals surface area contributed by atoms with E-state index in [-0.39, 0.29) is 25.2 Å². The van der Waals surface area contributed by atoms with E-state index in [0.717, 1.165) is 122 Å². The maximum absolute atomic E-state index is 12.4. The summed E-state index contributed by atoms with van der Waals surface area (Å²) in [7, 11) is 0. The van der Waals surface area contributed by atoms with Crippen molar-refractivity contribution in [2.24, 2.45) is 0 Å². The van der Waals surface area contributed by atoms with E-state index in [9.17, 15) is 14.7 Å². The van der Waals surface area contributed by atoms with Crippen molar-refractivity contribution in [3.8, 4) is 0 Å². The third-order valence-electron chi connectivity index (χ3n) is 17.8. The number of aliphatic hydroxyl groups is 1. The Morgan fingerprint density at radius 1 is 0.250 bits per heavy atom. The van der Waals surface area contributed by atoms with Gasteiger partial charge < -0.3 is 14.6 Å². The molecule has 0 spiro atoms. The largest absolute Gasteiger partial charge is 0.462 e. The van der Waals surface area contributed by atoms with E-state index in [1.807, 2.05) is 0 Å². The first-order valence-corrected chi connectivity index (χ1v) is 41.0. The van der Waals surface area contributed by atoms with Gasteiger partial charge in [0.05, 0.1) is 6.61 Å². The Morgan fingerprint density at radius 2 is 0.448 bits per heavy atom. The quantitative estimate of drug-likeness (QED) is 0.0373. The van der Waals surface area contributed by atoms with Gasteiger partial charge in [0, 0.05) is 12.8 Å². The zero-order chi connectivity index (χ0) is 69.0. The molecule has 5 nitrogen and oxygen atoms in total. The third kappa shape index (κ3) is 81.9. The molecule has 0 heterocycles. The molecule has 1 unspecified atom stereocenters. The Morgan fingerprint density at radius 3 is 0.677 bits per heavy atom. The van der Waals surface area contributed by atoms with Crippen LogP contribution in [0.3, 0.4) is 0 Å². The first-order chi connectivity index (χ1) is 47.6. The summed E-state index contributed by atoms with van der Waals surface area (Å²) in [6.07, 6.45) is 129. The van der Waals surface area contributed by atoms with Crippen LogP contribution in [-0.2, 0) is 19.1 Å². The minimum atomic E-state index is -0.789. The van der Waals surface area contributed by atoms with Crippen LogP contribution in [0.5, 0.6) is 0 Å². The Labute approximate surface area is 596 Å². The van der Waals surface area contributed by atoms with Gasteiger partial charge in [0.1, 0.15) is 6.61 Å². The lowest BCUT2D eigenvalue weighted by Crippen LogP contribution is -2.28. The molecule has 0 saturated heterocycles. The zero-order valence-electron chi connectivity index (χ0n) is 63.1.